The third-order valence-electron chi connectivity index (χ3n) is 5.23. The lowest BCUT2D eigenvalue weighted by molar-refractivity contribution is -0.138. The largest absolute Gasteiger partial charge is 0.462 e. The maximum atomic E-state index is 13.2. The van der Waals surface area contributed by atoms with Gasteiger partial charge in [0.25, 0.3) is 6.47 Å². The van der Waals surface area contributed by atoms with Gasteiger partial charge in [-0.3, -0.25) is 4.79 Å². The number of fused-ring (bicyclic) bond motifs is 1. The van der Waals surface area contributed by atoms with E-state index in [2.05, 4.69) is 44.2 Å². The molecule has 0 amide bonds. The molecule has 1 saturated heterocycles. The van der Waals surface area contributed by atoms with Crippen LogP contribution in [0, 0.1) is 5.82 Å². The zero-order chi connectivity index (χ0) is 23.1. The summed E-state index contributed by atoms with van der Waals surface area (Å²) in [5, 5.41) is 14.7. The minimum Gasteiger partial charge on any atom is -0.462 e. The molecular weight excluding hydrogens is 407 g/mol. The quantitative estimate of drug-likeness (QED) is 0.602. The molecule has 1 aliphatic heterocycles. The van der Waals surface area contributed by atoms with Crippen LogP contribution in [0.15, 0.2) is 48.5 Å². The molecule has 6 nitrogen and oxygen atoms in total. The summed E-state index contributed by atoms with van der Waals surface area (Å²) >= 11 is 0. The van der Waals surface area contributed by atoms with Crippen molar-refractivity contribution in [3.63, 3.8) is 0 Å². The Bertz CT molecular complexity index is 1030. The number of rotatable bonds is 4. The summed E-state index contributed by atoms with van der Waals surface area (Å²) in [6.07, 6.45) is 1.09. The maximum absolute atomic E-state index is 13.2. The summed E-state index contributed by atoms with van der Waals surface area (Å²) < 4.78 is 17.8. The summed E-state index contributed by atoms with van der Waals surface area (Å²) in [7, 11) is 0. The monoisotopic (exact) mass is 438 g/mol. The highest BCUT2D eigenvalue weighted by Gasteiger charge is 2.22. The molecule has 1 unspecified atom stereocenters. The number of piperazine rings is 1. The van der Waals surface area contributed by atoms with Crippen LogP contribution < -0.4 is 10.2 Å². The second-order valence-electron chi connectivity index (χ2n) is 8.76. The number of halogens is 1. The molecule has 1 fully saturated rings. The van der Waals surface area contributed by atoms with Crippen LogP contribution in [0.4, 0.5) is 10.2 Å². The van der Waals surface area contributed by atoms with E-state index >= 15 is 0 Å². The van der Waals surface area contributed by atoms with Gasteiger partial charge in [-0.25, -0.2) is 4.39 Å². The third kappa shape index (κ3) is 6.01. The number of anilines is 1. The van der Waals surface area contributed by atoms with E-state index in [1.165, 1.54) is 12.1 Å². The molecule has 32 heavy (non-hydrogen) atoms. The lowest BCUT2D eigenvalue weighted by Crippen LogP contribution is -2.50. The van der Waals surface area contributed by atoms with Crippen molar-refractivity contribution in [3.05, 3.63) is 54.3 Å². The van der Waals surface area contributed by atoms with Gasteiger partial charge >= 0.3 is 0 Å². The number of hydrogen-bond acceptors (Lipinski definition) is 6. The van der Waals surface area contributed by atoms with E-state index in [-0.39, 0.29) is 11.4 Å². The van der Waals surface area contributed by atoms with Crippen LogP contribution >= 0.6 is 0 Å². The van der Waals surface area contributed by atoms with Gasteiger partial charge < -0.3 is 15.0 Å². The molecule has 1 N–H and O–H groups in total. The van der Waals surface area contributed by atoms with Crippen molar-refractivity contribution < 1.29 is 13.9 Å². The number of hydrogen-bond donors (Lipinski definition) is 1. The fraction of sp³-hybridized carbons (Fsp3) is 0.400. The van der Waals surface area contributed by atoms with E-state index in [1.54, 1.807) is 12.1 Å². The fourth-order valence-corrected chi connectivity index (χ4v) is 3.58. The Balaban J connectivity index is 0.000000360. The second kappa shape index (κ2) is 10.5. The average Bonchev–Trinajstić information content (AvgIpc) is 2.79. The first-order valence-electron chi connectivity index (χ1n) is 10.9. The molecule has 0 aliphatic carbocycles. The number of nitrogens with zero attached hydrogens (tertiary/aromatic N) is 3. The predicted molar refractivity (Wildman–Crippen MR) is 126 cm³/mol. The highest BCUT2D eigenvalue weighted by Crippen LogP contribution is 2.31. The molecule has 2 heterocycles. The van der Waals surface area contributed by atoms with Crippen molar-refractivity contribution in [2.24, 2.45) is 0 Å². The van der Waals surface area contributed by atoms with Crippen LogP contribution in [0.1, 0.15) is 34.1 Å². The van der Waals surface area contributed by atoms with Crippen LogP contribution in [0.25, 0.3) is 22.0 Å². The van der Waals surface area contributed by atoms with Crippen LogP contribution in [-0.4, -0.2) is 47.9 Å². The molecule has 0 radical (unpaired) electrons. The van der Waals surface area contributed by atoms with Gasteiger partial charge in [0, 0.05) is 42.0 Å². The first kappa shape index (κ1) is 23.6. The number of aromatic nitrogens is 2. The lowest BCUT2D eigenvalue weighted by Gasteiger charge is -2.34. The molecule has 1 aliphatic rings. The molecule has 0 spiro atoms. The first-order valence-corrected chi connectivity index (χ1v) is 10.9. The molecule has 1 atom stereocenters. The molecule has 4 rings (SSSR count). The van der Waals surface area contributed by atoms with Gasteiger partial charge in [0.15, 0.2) is 5.82 Å². The van der Waals surface area contributed by atoms with Crippen molar-refractivity contribution >= 4 is 23.1 Å². The van der Waals surface area contributed by atoms with Crippen molar-refractivity contribution in [2.45, 2.75) is 45.8 Å². The summed E-state index contributed by atoms with van der Waals surface area (Å²) in [6.45, 7) is 10.9. The van der Waals surface area contributed by atoms with Crippen LogP contribution in [0.3, 0.4) is 0 Å². The number of ether oxygens (including phenoxy) is 1. The number of carbonyl (C=O) groups excluding carboxylic acids is 1. The van der Waals surface area contributed by atoms with Crippen molar-refractivity contribution in [1.82, 2.24) is 15.5 Å². The highest BCUT2D eigenvalue weighted by molar-refractivity contribution is 6.00. The van der Waals surface area contributed by atoms with E-state index in [0.717, 1.165) is 53.9 Å². The number of nitrogens with one attached hydrogen (secondary N) is 1. The molecule has 2 aromatic carbocycles. The minimum absolute atomic E-state index is 0.246. The highest BCUT2D eigenvalue weighted by atomic mass is 19.1. The summed E-state index contributed by atoms with van der Waals surface area (Å²) in [6, 6.07) is 15.1. The third-order valence-corrected chi connectivity index (χ3v) is 5.23. The number of carbonyl (C=O) groups is 1. The molecule has 0 saturated carbocycles. The second-order valence-corrected chi connectivity index (χ2v) is 8.76. The Morgan fingerprint density at radius 1 is 1.12 bits per heavy atom. The van der Waals surface area contributed by atoms with E-state index in [9.17, 15) is 9.18 Å². The smallest absolute Gasteiger partial charge is 0.293 e. The van der Waals surface area contributed by atoms with Crippen LogP contribution in [-0.2, 0) is 9.53 Å². The fourth-order valence-electron chi connectivity index (χ4n) is 3.58. The SMILES string of the molecule is CC(C)(C)OC=O.CCC1CN(c2nnc(-c3ccc(F)cc3)c3ccccc23)CCN1. The average molecular weight is 439 g/mol. The van der Waals surface area contributed by atoms with Crippen molar-refractivity contribution in [3.8, 4) is 11.3 Å². The zero-order valence-corrected chi connectivity index (χ0v) is 19.1. The van der Waals surface area contributed by atoms with E-state index in [0.29, 0.717) is 12.5 Å². The Kier molecular flexibility index (Phi) is 7.75. The lowest BCUT2D eigenvalue weighted by atomic mass is 10.0. The zero-order valence-electron chi connectivity index (χ0n) is 19.1. The van der Waals surface area contributed by atoms with Crippen LogP contribution in [0.5, 0.6) is 0 Å². The van der Waals surface area contributed by atoms with E-state index in [4.69, 9.17) is 0 Å². The molecule has 3 aromatic rings. The van der Waals surface area contributed by atoms with Gasteiger partial charge in [-0.15, -0.1) is 10.2 Å². The Labute approximate surface area is 188 Å². The van der Waals surface area contributed by atoms with Crippen molar-refractivity contribution in [1.29, 1.82) is 0 Å². The topological polar surface area (TPSA) is 67.3 Å². The molecular formula is C25H31FN4O2. The van der Waals surface area contributed by atoms with Gasteiger partial charge in [0.2, 0.25) is 0 Å². The van der Waals surface area contributed by atoms with E-state index < -0.39 is 0 Å². The summed E-state index contributed by atoms with van der Waals surface area (Å²) in [5.41, 5.74) is 1.35. The summed E-state index contributed by atoms with van der Waals surface area (Å²) in [5.74, 6) is 0.686. The van der Waals surface area contributed by atoms with Gasteiger partial charge in [-0.05, 0) is 51.5 Å². The molecule has 1 aromatic heterocycles. The maximum Gasteiger partial charge on any atom is 0.293 e. The Morgan fingerprint density at radius 3 is 2.41 bits per heavy atom. The standard InChI is InChI=1S/C20H21FN4.C5H10O2/c1-2-16-13-25(12-11-22-16)20-18-6-4-3-5-17(18)19(23-24-20)14-7-9-15(21)10-8-14;1-5(2,3)7-4-6/h3-10,16,22H,2,11-13H2,1H3;4H,1-3H3. The van der Waals surface area contributed by atoms with Gasteiger partial charge in [0.05, 0.1) is 0 Å². The van der Waals surface area contributed by atoms with Gasteiger partial charge in [-0.1, -0.05) is 31.2 Å². The van der Waals surface area contributed by atoms with Crippen molar-refractivity contribution in [2.75, 3.05) is 24.5 Å². The van der Waals surface area contributed by atoms with Gasteiger partial charge in [0.1, 0.15) is 17.1 Å². The number of benzene rings is 2. The minimum atomic E-state index is -0.318. The normalized spacial score (nSPS) is 16.3. The molecule has 170 valence electrons. The molecule has 0 bridgehead atoms. The molecule has 7 heteroatoms. The van der Waals surface area contributed by atoms with Crippen LogP contribution in [0.2, 0.25) is 0 Å². The van der Waals surface area contributed by atoms with Gasteiger partial charge in [-0.2, -0.15) is 0 Å². The predicted octanol–water partition coefficient (Wildman–Crippen LogP) is 4.58. The Morgan fingerprint density at radius 2 is 1.81 bits per heavy atom. The first-order chi connectivity index (χ1) is 15.3. The van der Waals surface area contributed by atoms with E-state index in [1.807, 2.05) is 32.9 Å². The summed E-state index contributed by atoms with van der Waals surface area (Å²) in [4.78, 5) is 11.9. The Hall–Kier alpha value is -3.06.